The van der Waals surface area contributed by atoms with Crippen LogP contribution < -0.4 is 20.5 Å². The summed E-state index contributed by atoms with van der Waals surface area (Å²) in [6.45, 7) is -0.0255. The lowest BCUT2D eigenvalue weighted by molar-refractivity contribution is 0.0697. The second-order valence-corrected chi connectivity index (χ2v) is 8.72. The average Bonchev–Trinajstić information content (AvgIpc) is 3.26. The minimum atomic E-state index is -3.67. The van der Waals surface area contributed by atoms with Crippen molar-refractivity contribution in [2.45, 2.75) is 0 Å². The van der Waals surface area contributed by atoms with Crippen molar-refractivity contribution in [3.05, 3.63) is 77.4 Å². The molecule has 0 saturated carbocycles. The number of carbonyl (C=O) groups is 2. The standard InChI is InChI=1S/C22H17N3O5.CH4O3S/c23-20(24)12-5-7-13(8-6-12)25-21(26)15-4-2-1-3-14(15)18-16(22(27)28)9-10-17-19(18)30-11-29-17;1-5(2,3)4/h1-10H,11H2,(H3,23,24)(H,25,26)(H,27,28);1H3,(H,2,3,4). The molecule has 1 amide bonds. The Balaban J connectivity index is 0.000000623. The van der Waals surface area contributed by atoms with Crippen LogP contribution in [0.5, 0.6) is 11.5 Å². The first kappa shape index (κ1) is 25.2. The van der Waals surface area contributed by atoms with Gasteiger partial charge in [-0.15, -0.1) is 0 Å². The van der Waals surface area contributed by atoms with E-state index in [1.165, 1.54) is 12.1 Å². The maximum absolute atomic E-state index is 13.0. The van der Waals surface area contributed by atoms with Gasteiger partial charge in [0, 0.05) is 22.4 Å². The molecule has 1 heterocycles. The van der Waals surface area contributed by atoms with E-state index in [0.717, 1.165) is 0 Å². The summed E-state index contributed by atoms with van der Waals surface area (Å²) >= 11 is 0. The second kappa shape index (κ2) is 10.2. The van der Waals surface area contributed by atoms with Crippen molar-refractivity contribution in [1.29, 1.82) is 5.41 Å². The van der Waals surface area contributed by atoms with E-state index in [4.69, 9.17) is 25.2 Å². The SMILES string of the molecule is CS(=O)(=O)O.N=C(N)c1ccc(NC(=O)c2ccccc2-c2c(C(=O)O)ccc3c2OCO3)cc1. The molecule has 182 valence electrons. The van der Waals surface area contributed by atoms with E-state index in [1.54, 1.807) is 48.5 Å². The minimum absolute atomic E-state index is 0.00492. The van der Waals surface area contributed by atoms with Crippen LogP contribution in [-0.4, -0.2) is 48.8 Å². The first-order chi connectivity index (χ1) is 16.5. The van der Waals surface area contributed by atoms with E-state index in [-0.39, 0.29) is 29.3 Å². The van der Waals surface area contributed by atoms with Gasteiger partial charge >= 0.3 is 5.97 Å². The number of hydrogen-bond acceptors (Lipinski definition) is 7. The molecule has 0 spiro atoms. The Morgan fingerprint density at radius 2 is 1.63 bits per heavy atom. The van der Waals surface area contributed by atoms with E-state index < -0.39 is 22.0 Å². The Labute approximate surface area is 200 Å². The zero-order valence-corrected chi connectivity index (χ0v) is 19.1. The van der Waals surface area contributed by atoms with Crippen LogP contribution in [0.1, 0.15) is 26.3 Å². The van der Waals surface area contributed by atoms with Gasteiger partial charge in [0.05, 0.1) is 11.8 Å². The number of fused-ring (bicyclic) bond motifs is 1. The number of hydrogen-bond donors (Lipinski definition) is 5. The third-order valence-electron chi connectivity index (χ3n) is 4.66. The van der Waals surface area contributed by atoms with Crippen LogP contribution in [0.4, 0.5) is 5.69 Å². The predicted octanol–water partition coefficient (Wildman–Crippen LogP) is 2.82. The van der Waals surface area contributed by atoms with Crippen LogP contribution in [0.3, 0.4) is 0 Å². The summed E-state index contributed by atoms with van der Waals surface area (Å²) in [5.41, 5.74) is 7.48. The van der Waals surface area contributed by atoms with Crippen molar-refractivity contribution in [3.8, 4) is 22.6 Å². The van der Waals surface area contributed by atoms with Crippen molar-refractivity contribution in [2.75, 3.05) is 18.4 Å². The Bertz CT molecular complexity index is 1390. The number of rotatable bonds is 5. The number of anilines is 1. The fourth-order valence-electron chi connectivity index (χ4n) is 3.25. The molecule has 0 unspecified atom stereocenters. The minimum Gasteiger partial charge on any atom is -0.478 e. The highest BCUT2D eigenvalue weighted by Crippen LogP contribution is 2.44. The number of aromatic carboxylic acids is 1. The normalized spacial score (nSPS) is 11.7. The van der Waals surface area contributed by atoms with E-state index in [1.807, 2.05) is 0 Å². The molecule has 4 rings (SSSR count). The highest BCUT2D eigenvalue weighted by molar-refractivity contribution is 7.85. The Morgan fingerprint density at radius 3 is 2.23 bits per heavy atom. The molecule has 3 aromatic rings. The lowest BCUT2D eigenvalue weighted by Gasteiger charge is -2.14. The first-order valence-electron chi connectivity index (χ1n) is 9.89. The zero-order valence-electron chi connectivity index (χ0n) is 18.3. The van der Waals surface area contributed by atoms with E-state index in [0.29, 0.717) is 34.6 Å². The van der Waals surface area contributed by atoms with Crippen LogP contribution in [-0.2, 0) is 10.1 Å². The molecular weight excluding hydrogens is 478 g/mol. The maximum Gasteiger partial charge on any atom is 0.336 e. The smallest absolute Gasteiger partial charge is 0.336 e. The molecule has 0 aromatic heterocycles. The van der Waals surface area contributed by atoms with Crippen LogP contribution in [0.15, 0.2) is 60.7 Å². The third-order valence-corrected chi connectivity index (χ3v) is 4.66. The number of benzene rings is 3. The lowest BCUT2D eigenvalue weighted by atomic mass is 9.93. The van der Waals surface area contributed by atoms with Gasteiger partial charge < -0.3 is 25.6 Å². The van der Waals surface area contributed by atoms with Crippen molar-refractivity contribution in [2.24, 2.45) is 5.73 Å². The zero-order chi connectivity index (χ0) is 25.8. The van der Waals surface area contributed by atoms with Crippen LogP contribution in [0.2, 0.25) is 0 Å². The topological polar surface area (TPSA) is 189 Å². The molecule has 3 aromatic carbocycles. The van der Waals surface area contributed by atoms with E-state index in [9.17, 15) is 23.1 Å². The van der Waals surface area contributed by atoms with Crippen LogP contribution in [0.25, 0.3) is 11.1 Å². The molecule has 1 aliphatic rings. The summed E-state index contributed by atoms with van der Waals surface area (Å²) in [6.07, 6.45) is 0.715. The molecule has 11 nitrogen and oxygen atoms in total. The quantitative estimate of drug-likeness (QED) is 0.200. The molecule has 0 radical (unpaired) electrons. The maximum atomic E-state index is 13.0. The second-order valence-electron chi connectivity index (χ2n) is 7.25. The molecule has 12 heteroatoms. The summed E-state index contributed by atoms with van der Waals surface area (Å²) in [6, 6.07) is 16.2. The highest BCUT2D eigenvalue weighted by Gasteiger charge is 2.27. The highest BCUT2D eigenvalue weighted by atomic mass is 32.2. The number of nitrogens with one attached hydrogen (secondary N) is 2. The molecular formula is C23H21N3O8S. The van der Waals surface area contributed by atoms with Gasteiger partial charge in [-0.05, 0) is 48.0 Å². The number of nitrogens with two attached hydrogens (primary N) is 1. The van der Waals surface area contributed by atoms with Gasteiger partial charge in [-0.1, -0.05) is 18.2 Å². The lowest BCUT2D eigenvalue weighted by Crippen LogP contribution is -2.15. The van der Waals surface area contributed by atoms with Crippen LogP contribution >= 0.6 is 0 Å². The van der Waals surface area contributed by atoms with Gasteiger partial charge in [-0.2, -0.15) is 8.42 Å². The molecule has 0 saturated heterocycles. The Kier molecular flexibility index (Phi) is 7.37. The van der Waals surface area contributed by atoms with Crippen molar-refractivity contribution < 1.29 is 37.1 Å². The Hall–Kier alpha value is -4.42. The van der Waals surface area contributed by atoms with Gasteiger partial charge in [0.2, 0.25) is 6.79 Å². The van der Waals surface area contributed by atoms with Gasteiger partial charge in [0.25, 0.3) is 16.0 Å². The number of ether oxygens (including phenoxy) is 2. The van der Waals surface area contributed by atoms with E-state index >= 15 is 0 Å². The number of amidine groups is 1. The largest absolute Gasteiger partial charge is 0.478 e. The van der Waals surface area contributed by atoms with Gasteiger partial charge in [-0.25, -0.2) is 4.79 Å². The molecule has 35 heavy (non-hydrogen) atoms. The molecule has 1 aliphatic heterocycles. The number of carboxylic acids is 1. The average molecular weight is 500 g/mol. The van der Waals surface area contributed by atoms with Gasteiger partial charge in [0.15, 0.2) is 11.5 Å². The third kappa shape index (κ3) is 6.34. The fraction of sp³-hybridized carbons (Fsp3) is 0.0870. The Morgan fingerprint density at radius 1 is 1.00 bits per heavy atom. The molecule has 6 N–H and O–H groups in total. The summed E-state index contributed by atoms with van der Waals surface area (Å²) in [7, 11) is -3.67. The summed E-state index contributed by atoms with van der Waals surface area (Å²) in [5, 5.41) is 19.9. The van der Waals surface area contributed by atoms with Gasteiger partial charge in [-0.3, -0.25) is 14.8 Å². The van der Waals surface area contributed by atoms with Crippen molar-refractivity contribution in [1.82, 2.24) is 0 Å². The van der Waals surface area contributed by atoms with E-state index in [2.05, 4.69) is 5.32 Å². The summed E-state index contributed by atoms with van der Waals surface area (Å²) in [5.74, 6) is -0.919. The monoisotopic (exact) mass is 499 g/mol. The summed E-state index contributed by atoms with van der Waals surface area (Å²) < 4.78 is 36.8. The predicted molar refractivity (Wildman–Crippen MR) is 128 cm³/mol. The van der Waals surface area contributed by atoms with Crippen molar-refractivity contribution in [3.63, 3.8) is 0 Å². The van der Waals surface area contributed by atoms with Gasteiger partial charge in [0.1, 0.15) is 5.84 Å². The van der Waals surface area contributed by atoms with Crippen LogP contribution in [0, 0.1) is 5.41 Å². The molecule has 0 fully saturated rings. The number of amides is 1. The molecule has 0 aliphatic carbocycles. The number of carbonyl (C=O) groups excluding carboxylic acids is 1. The molecule has 0 atom stereocenters. The number of nitrogen functional groups attached to an aromatic ring is 1. The molecule has 0 bridgehead atoms. The fourth-order valence-corrected chi connectivity index (χ4v) is 3.25. The first-order valence-corrected chi connectivity index (χ1v) is 11.7. The number of carboxylic acid groups (broad SMARTS) is 1. The van der Waals surface area contributed by atoms with Crippen molar-refractivity contribution >= 4 is 33.5 Å². The summed E-state index contributed by atoms with van der Waals surface area (Å²) in [4.78, 5) is 24.8.